The standard InChI is InChI=1S/C59H108O6/c1-4-7-10-13-16-19-22-25-28-29-30-32-34-37-40-43-46-49-52-58(61)64-55-56(54-63-57(60)51-48-45-42-39-36-33-27-24-21-18-15-12-9-6-3)65-59(62)53-50-47-44-41-38-35-31-26-23-20-17-14-11-8-5-2/h15,18,20,23-24,27,56H,4-14,16-17,19,21-22,25-26,28-55H2,1-3H3/b18-15+,23-20+,27-24+/t56-/m1/s1. The molecule has 0 saturated carbocycles. The zero-order valence-corrected chi connectivity index (χ0v) is 43.5. The third-order valence-corrected chi connectivity index (χ3v) is 12.6. The molecule has 0 radical (unpaired) electrons. The summed E-state index contributed by atoms with van der Waals surface area (Å²) in [5, 5.41) is 0. The van der Waals surface area contributed by atoms with Crippen molar-refractivity contribution in [3.8, 4) is 0 Å². The third-order valence-electron chi connectivity index (χ3n) is 12.6. The number of esters is 3. The van der Waals surface area contributed by atoms with E-state index in [2.05, 4.69) is 57.2 Å². The molecule has 6 heteroatoms. The van der Waals surface area contributed by atoms with Crippen LogP contribution in [0.1, 0.15) is 303 Å². The predicted molar refractivity (Wildman–Crippen MR) is 279 cm³/mol. The van der Waals surface area contributed by atoms with E-state index in [-0.39, 0.29) is 31.1 Å². The lowest BCUT2D eigenvalue weighted by molar-refractivity contribution is -0.167. The van der Waals surface area contributed by atoms with Crippen molar-refractivity contribution in [3.63, 3.8) is 0 Å². The highest BCUT2D eigenvalue weighted by molar-refractivity contribution is 5.71. The summed E-state index contributed by atoms with van der Waals surface area (Å²) in [6.07, 6.45) is 64.1. The maximum Gasteiger partial charge on any atom is 0.306 e. The number of hydrogen-bond donors (Lipinski definition) is 0. The first-order valence-corrected chi connectivity index (χ1v) is 28.5. The van der Waals surface area contributed by atoms with Crippen LogP contribution in [-0.2, 0) is 28.6 Å². The fourth-order valence-corrected chi connectivity index (χ4v) is 8.28. The average Bonchev–Trinajstić information content (AvgIpc) is 3.30. The zero-order chi connectivity index (χ0) is 47.2. The maximum atomic E-state index is 12.8. The highest BCUT2D eigenvalue weighted by atomic mass is 16.6. The van der Waals surface area contributed by atoms with Crippen molar-refractivity contribution >= 4 is 17.9 Å². The first-order valence-electron chi connectivity index (χ1n) is 28.5. The van der Waals surface area contributed by atoms with Crippen LogP contribution >= 0.6 is 0 Å². The van der Waals surface area contributed by atoms with E-state index < -0.39 is 6.10 Å². The van der Waals surface area contributed by atoms with Gasteiger partial charge in [0.1, 0.15) is 13.2 Å². The predicted octanol–water partition coefficient (Wildman–Crippen LogP) is 18.9. The Morgan fingerprint density at radius 2 is 0.569 bits per heavy atom. The molecule has 0 saturated heterocycles. The van der Waals surface area contributed by atoms with Gasteiger partial charge in [-0.05, 0) is 70.6 Å². The normalized spacial score (nSPS) is 12.2. The molecule has 0 bridgehead atoms. The summed E-state index contributed by atoms with van der Waals surface area (Å²) >= 11 is 0. The molecule has 0 fully saturated rings. The smallest absolute Gasteiger partial charge is 0.306 e. The van der Waals surface area contributed by atoms with Gasteiger partial charge >= 0.3 is 17.9 Å². The fourth-order valence-electron chi connectivity index (χ4n) is 8.28. The second-order valence-corrected chi connectivity index (χ2v) is 19.2. The molecule has 6 nitrogen and oxygen atoms in total. The van der Waals surface area contributed by atoms with Crippen LogP contribution in [0, 0.1) is 0 Å². The Balaban J connectivity index is 4.34. The van der Waals surface area contributed by atoms with Gasteiger partial charge in [-0.2, -0.15) is 0 Å². The lowest BCUT2D eigenvalue weighted by atomic mass is 10.0. The molecule has 0 aliphatic rings. The lowest BCUT2D eigenvalue weighted by Gasteiger charge is -2.18. The molecule has 0 rings (SSSR count). The maximum absolute atomic E-state index is 12.8. The Kier molecular flexibility index (Phi) is 52.3. The minimum Gasteiger partial charge on any atom is -0.462 e. The van der Waals surface area contributed by atoms with E-state index in [9.17, 15) is 14.4 Å². The molecule has 0 amide bonds. The van der Waals surface area contributed by atoms with Gasteiger partial charge in [-0.15, -0.1) is 0 Å². The molecule has 0 aromatic heterocycles. The zero-order valence-electron chi connectivity index (χ0n) is 43.5. The molecule has 0 spiro atoms. The van der Waals surface area contributed by atoms with Crippen molar-refractivity contribution in [3.05, 3.63) is 36.5 Å². The molecule has 0 aliphatic carbocycles. The Hall–Kier alpha value is -2.37. The minimum atomic E-state index is -0.777. The number of allylic oxidation sites excluding steroid dienone is 6. The van der Waals surface area contributed by atoms with Crippen LogP contribution in [0.5, 0.6) is 0 Å². The number of carbonyl (C=O) groups is 3. The fraction of sp³-hybridized carbons (Fsp3) is 0.847. The largest absolute Gasteiger partial charge is 0.462 e. The lowest BCUT2D eigenvalue weighted by Crippen LogP contribution is -2.30. The number of unbranched alkanes of at least 4 members (excludes halogenated alkanes) is 35. The molecular formula is C59H108O6. The van der Waals surface area contributed by atoms with E-state index in [4.69, 9.17) is 14.2 Å². The first-order chi connectivity index (χ1) is 32.0. The second kappa shape index (κ2) is 54.2. The molecule has 380 valence electrons. The van der Waals surface area contributed by atoms with E-state index in [1.165, 1.54) is 186 Å². The van der Waals surface area contributed by atoms with Crippen molar-refractivity contribution < 1.29 is 28.6 Å². The van der Waals surface area contributed by atoms with Crippen molar-refractivity contribution in [2.45, 2.75) is 309 Å². The number of rotatable bonds is 52. The summed E-state index contributed by atoms with van der Waals surface area (Å²) < 4.78 is 16.9. The Morgan fingerprint density at radius 1 is 0.308 bits per heavy atom. The summed E-state index contributed by atoms with van der Waals surface area (Å²) in [5.74, 6) is -0.878. The SMILES string of the molecule is CCCC/C=C/C/C=C/CCCCCCCC(=O)OC[C@H](COC(=O)CCCCCCCCCCCCCCCCCCCC)OC(=O)CCCCCCCCC/C=C/CCCCCC. The van der Waals surface area contributed by atoms with E-state index in [0.29, 0.717) is 19.3 Å². The van der Waals surface area contributed by atoms with E-state index in [0.717, 1.165) is 77.0 Å². The Labute approximate surface area is 404 Å². The van der Waals surface area contributed by atoms with Crippen LogP contribution in [0.2, 0.25) is 0 Å². The molecule has 0 heterocycles. The second-order valence-electron chi connectivity index (χ2n) is 19.2. The van der Waals surface area contributed by atoms with Crippen LogP contribution in [0.25, 0.3) is 0 Å². The van der Waals surface area contributed by atoms with Crippen LogP contribution in [0.4, 0.5) is 0 Å². The molecule has 0 unspecified atom stereocenters. The highest BCUT2D eigenvalue weighted by Gasteiger charge is 2.19. The van der Waals surface area contributed by atoms with Crippen molar-refractivity contribution in [1.29, 1.82) is 0 Å². The molecule has 0 N–H and O–H groups in total. The number of ether oxygens (including phenoxy) is 3. The van der Waals surface area contributed by atoms with Crippen LogP contribution in [0.3, 0.4) is 0 Å². The summed E-state index contributed by atoms with van der Waals surface area (Å²) in [6, 6.07) is 0. The molecule has 0 aromatic carbocycles. The summed E-state index contributed by atoms with van der Waals surface area (Å²) in [6.45, 7) is 6.61. The minimum absolute atomic E-state index is 0.0749. The van der Waals surface area contributed by atoms with E-state index in [1.807, 2.05) is 0 Å². The molecule has 65 heavy (non-hydrogen) atoms. The van der Waals surface area contributed by atoms with Crippen LogP contribution < -0.4 is 0 Å². The summed E-state index contributed by atoms with van der Waals surface area (Å²) in [7, 11) is 0. The number of hydrogen-bond acceptors (Lipinski definition) is 6. The van der Waals surface area contributed by atoms with Crippen molar-refractivity contribution in [2.75, 3.05) is 13.2 Å². The molecule has 1 atom stereocenters. The molecule has 0 aromatic rings. The van der Waals surface area contributed by atoms with Crippen molar-refractivity contribution in [2.24, 2.45) is 0 Å². The summed E-state index contributed by atoms with van der Waals surface area (Å²) in [4.78, 5) is 38.1. The first kappa shape index (κ1) is 62.6. The van der Waals surface area contributed by atoms with Crippen molar-refractivity contribution in [1.82, 2.24) is 0 Å². The summed E-state index contributed by atoms with van der Waals surface area (Å²) in [5.41, 5.74) is 0. The van der Waals surface area contributed by atoms with Crippen LogP contribution in [-0.4, -0.2) is 37.2 Å². The highest BCUT2D eigenvalue weighted by Crippen LogP contribution is 2.16. The monoisotopic (exact) mass is 913 g/mol. The Morgan fingerprint density at radius 3 is 0.923 bits per heavy atom. The van der Waals surface area contributed by atoms with Gasteiger partial charge in [-0.1, -0.05) is 250 Å². The van der Waals surface area contributed by atoms with Gasteiger partial charge in [-0.3, -0.25) is 14.4 Å². The van der Waals surface area contributed by atoms with Gasteiger partial charge < -0.3 is 14.2 Å². The van der Waals surface area contributed by atoms with Gasteiger partial charge in [-0.25, -0.2) is 0 Å². The molecule has 0 aliphatic heterocycles. The van der Waals surface area contributed by atoms with E-state index in [1.54, 1.807) is 0 Å². The average molecular weight is 914 g/mol. The Bertz CT molecular complexity index is 1090. The molecular weight excluding hydrogens is 805 g/mol. The van der Waals surface area contributed by atoms with Crippen LogP contribution in [0.15, 0.2) is 36.5 Å². The van der Waals surface area contributed by atoms with Gasteiger partial charge in [0.15, 0.2) is 6.10 Å². The number of carbonyl (C=O) groups excluding carboxylic acids is 3. The van der Waals surface area contributed by atoms with Gasteiger partial charge in [0.05, 0.1) is 0 Å². The van der Waals surface area contributed by atoms with E-state index >= 15 is 0 Å². The van der Waals surface area contributed by atoms with Gasteiger partial charge in [0, 0.05) is 19.3 Å². The topological polar surface area (TPSA) is 78.9 Å². The quantitative estimate of drug-likeness (QED) is 0.0262. The van der Waals surface area contributed by atoms with Gasteiger partial charge in [0.25, 0.3) is 0 Å². The van der Waals surface area contributed by atoms with Gasteiger partial charge in [0.2, 0.25) is 0 Å². The third kappa shape index (κ3) is 52.5.